The van der Waals surface area contributed by atoms with Crippen LogP contribution in [0.3, 0.4) is 0 Å². The number of benzene rings is 2. The number of fused-ring (bicyclic) bond motifs is 2. The molecule has 4 aromatic rings. The highest BCUT2D eigenvalue weighted by atomic mass is 32.1. The molecule has 4 rings (SSSR count). The molecule has 148 valence electrons. The summed E-state index contributed by atoms with van der Waals surface area (Å²) in [5.41, 5.74) is 1.95. The Bertz CT molecular complexity index is 1260. The molecule has 29 heavy (non-hydrogen) atoms. The predicted octanol–water partition coefficient (Wildman–Crippen LogP) is 4.35. The second kappa shape index (κ2) is 8.05. The maximum absolute atomic E-state index is 12.6. The third-order valence-corrected chi connectivity index (χ3v) is 5.53. The summed E-state index contributed by atoms with van der Waals surface area (Å²) in [7, 11) is 0. The van der Waals surface area contributed by atoms with Crippen LogP contribution in [-0.2, 0) is 11.3 Å². The van der Waals surface area contributed by atoms with Crippen LogP contribution in [0.4, 0.5) is 5.13 Å². The number of carbonyl (C=O) groups excluding carboxylic acids is 1. The maximum Gasteiger partial charge on any atom is 0.264 e. The van der Waals surface area contributed by atoms with E-state index in [1.54, 1.807) is 29.0 Å². The number of hydrogen-bond donors (Lipinski definition) is 1. The van der Waals surface area contributed by atoms with Crippen molar-refractivity contribution in [2.75, 3.05) is 11.9 Å². The molecule has 7 heteroatoms. The third kappa shape index (κ3) is 4.00. The number of nitrogens with one attached hydrogen (secondary N) is 1. The zero-order chi connectivity index (χ0) is 20.4. The summed E-state index contributed by atoms with van der Waals surface area (Å²) >= 11 is 1.43. The van der Waals surface area contributed by atoms with E-state index in [1.165, 1.54) is 11.3 Å². The molecule has 0 spiro atoms. The first kappa shape index (κ1) is 19.1. The molecule has 0 saturated heterocycles. The number of amides is 1. The number of carbonyl (C=O) groups is 1. The Labute approximate surface area is 171 Å². The van der Waals surface area contributed by atoms with Crippen molar-refractivity contribution in [1.82, 2.24) is 9.55 Å². The normalized spacial score (nSPS) is 11.1. The lowest BCUT2D eigenvalue weighted by Gasteiger charge is -2.10. The first-order chi connectivity index (χ1) is 14.0. The van der Waals surface area contributed by atoms with Crippen molar-refractivity contribution in [3.63, 3.8) is 0 Å². The fourth-order valence-electron chi connectivity index (χ4n) is 3.22. The zero-order valence-electron chi connectivity index (χ0n) is 16.3. The lowest BCUT2D eigenvalue weighted by molar-refractivity contribution is -0.118. The average molecular weight is 407 g/mol. The quantitative estimate of drug-likeness (QED) is 0.516. The lowest BCUT2D eigenvalue weighted by atomic mass is 10.1. The highest BCUT2D eigenvalue weighted by Gasteiger charge is 2.11. The van der Waals surface area contributed by atoms with E-state index < -0.39 is 0 Å². The van der Waals surface area contributed by atoms with Crippen LogP contribution >= 0.6 is 11.3 Å². The van der Waals surface area contributed by atoms with Gasteiger partial charge in [-0.05, 0) is 49.2 Å². The molecule has 6 nitrogen and oxygen atoms in total. The molecule has 0 saturated carbocycles. The number of pyridine rings is 1. The molecular weight excluding hydrogens is 386 g/mol. The summed E-state index contributed by atoms with van der Waals surface area (Å²) in [5.74, 6) is 0.218. The van der Waals surface area contributed by atoms with Crippen molar-refractivity contribution < 1.29 is 9.53 Å². The minimum atomic E-state index is -0.294. The van der Waals surface area contributed by atoms with Gasteiger partial charge in [0.2, 0.25) is 0 Å². The number of anilines is 1. The van der Waals surface area contributed by atoms with E-state index in [-0.39, 0.29) is 18.1 Å². The van der Waals surface area contributed by atoms with Crippen LogP contribution in [0.1, 0.15) is 18.9 Å². The van der Waals surface area contributed by atoms with Crippen LogP contribution in [0.2, 0.25) is 0 Å². The summed E-state index contributed by atoms with van der Waals surface area (Å²) in [5, 5.41) is 4.61. The van der Waals surface area contributed by atoms with E-state index in [4.69, 9.17) is 4.74 Å². The van der Waals surface area contributed by atoms with Crippen molar-refractivity contribution in [1.29, 1.82) is 0 Å². The topological polar surface area (TPSA) is 73.2 Å². The largest absolute Gasteiger partial charge is 0.483 e. The molecule has 0 aliphatic carbocycles. The molecule has 0 aliphatic heterocycles. The molecule has 1 amide bonds. The molecule has 0 unspecified atom stereocenters. The maximum atomic E-state index is 12.6. The Kier molecular flexibility index (Phi) is 5.31. The summed E-state index contributed by atoms with van der Waals surface area (Å²) in [6.45, 7) is 4.56. The molecule has 2 aromatic carbocycles. The van der Waals surface area contributed by atoms with Gasteiger partial charge in [-0.15, -0.1) is 0 Å². The third-order valence-electron chi connectivity index (χ3n) is 4.59. The van der Waals surface area contributed by atoms with Crippen molar-refractivity contribution in [2.24, 2.45) is 0 Å². The Morgan fingerprint density at radius 1 is 1.21 bits per heavy atom. The van der Waals surface area contributed by atoms with Crippen molar-refractivity contribution in [3.8, 4) is 5.75 Å². The summed E-state index contributed by atoms with van der Waals surface area (Å²) in [4.78, 5) is 29.3. The fourth-order valence-corrected chi connectivity index (χ4v) is 4.20. The number of thiazole rings is 1. The average Bonchev–Trinajstić information content (AvgIpc) is 3.10. The second-order valence-electron chi connectivity index (χ2n) is 6.86. The molecule has 2 aromatic heterocycles. The van der Waals surface area contributed by atoms with Gasteiger partial charge in [-0.25, -0.2) is 4.98 Å². The highest BCUT2D eigenvalue weighted by molar-refractivity contribution is 7.22. The van der Waals surface area contributed by atoms with E-state index >= 15 is 0 Å². The summed E-state index contributed by atoms with van der Waals surface area (Å²) in [6, 6.07) is 13.1. The van der Waals surface area contributed by atoms with E-state index in [9.17, 15) is 9.59 Å². The number of ether oxygens (including phenoxy) is 1. The number of nitrogens with zero attached hydrogens (tertiary/aromatic N) is 2. The number of aromatic nitrogens is 2. The van der Waals surface area contributed by atoms with Gasteiger partial charge in [0, 0.05) is 18.1 Å². The standard InChI is InChI=1S/C22H21N3O3S/c1-3-10-25-11-9-15-16(21(25)27)5-4-6-18(15)28-13-20(26)24-22-23-17-8-7-14(2)12-19(17)29-22/h4-9,11-12H,3,10,13H2,1-2H3,(H,23,24,26). The molecule has 2 heterocycles. The lowest BCUT2D eigenvalue weighted by Crippen LogP contribution is -2.21. The first-order valence-electron chi connectivity index (χ1n) is 9.47. The Morgan fingerprint density at radius 3 is 2.90 bits per heavy atom. The van der Waals surface area contributed by atoms with Crippen LogP contribution in [0, 0.1) is 6.92 Å². The predicted molar refractivity (Wildman–Crippen MR) is 117 cm³/mol. The first-order valence-corrected chi connectivity index (χ1v) is 10.3. The van der Waals surface area contributed by atoms with Gasteiger partial charge in [-0.1, -0.05) is 30.4 Å². The van der Waals surface area contributed by atoms with Gasteiger partial charge >= 0.3 is 0 Å². The van der Waals surface area contributed by atoms with Gasteiger partial charge in [0.1, 0.15) is 5.75 Å². The van der Waals surface area contributed by atoms with Crippen LogP contribution in [0.15, 0.2) is 53.5 Å². The highest BCUT2D eigenvalue weighted by Crippen LogP contribution is 2.27. The van der Waals surface area contributed by atoms with Crippen LogP contribution in [-0.4, -0.2) is 22.1 Å². The van der Waals surface area contributed by atoms with Crippen molar-refractivity contribution in [2.45, 2.75) is 26.8 Å². The fraction of sp³-hybridized carbons (Fsp3) is 0.227. The van der Waals surface area contributed by atoms with Gasteiger partial charge < -0.3 is 9.30 Å². The molecule has 0 aliphatic rings. The Hall–Kier alpha value is -3.19. The molecule has 0 radical (unpaired) electrons. The molecular formula is C22H21N3O3S. The van der Waals surface area contributed by atoms with E-state index in [2.05, 4.69) is 10.3 Å². The van der Waals surface area contributed by atoms with Gasteiger partial charge in [0.25, 0.3) is 11.5 Å². The van der Waals surface area contributed by atoms with E-state index in [1.807, 2.05) is 38.1 Å². The van der Waals surface area contributed by atoms with Crippen LogP contribution in [0.25, 0.3) is 21.0 Å². The van der Waals surface area contributed by atoms with Gasteiger partial charge in [0.05, 0.1) is 15.6 Å². The van der Waals surface area contributed by atoms with Gasteiger partial charge in [0.15, 0.2) is 11.7 Å². The Balaban J connectivity index is 1.49. The minimum Gasteiger partial charge on any atom is -0.483 e. The van der Waals surface area contributed by atoms with Crippen molar-refractivity contribution in [3.05, 3.63) is 64.6 Å². The monoisotopic (exact) mass is 407 g/mol. The van der Waals surface area contributed by atoms with Gasteiger partial charge in [-0.2, -0.15) is 0 Å². The molecule has 1 N–H and O–H groups in total. The summed E-state index contributed by atoms with van der Waals surface area (Å²) < 4.78 is 8.43. The van der Waals surface area contributed by atoms with Crippen LogP contribution < -0.4 is 15.6 Å². The minimum absolute atomic E-state index is 0.0518. The van der Waals surface area contributed by atoms with E-state index in [0.29, 0.717) is 28.2 Å². The molecule has 0 fully saturated rings. The Morgan fingerprint density at radius 2 is 2.07 bits per heavy atom. The molecule has 0 bridgehead atoms. The summed E-state index contributed by atoms with van der Waals surface area (Å²) in [6.07, 6.45) is 2.65. The SMILES string of the molecule is CCCn1ccc2c(OCC(=O)Nc3nc4ccc(C)cc4s3)cccc2c1=O. The number of rotatable bonds is 6. The smallest absolute Gasteiger partial charge is 0.264 e. The van der Waals surface area contributed by atoms with E-state index in [0.717, 1.165) is 22.2 Å². The zero-order valence-corrected chi connectivity index (χ0v) is 17.1. The molecule has 0 atom stereocenters. The van der Waals surface area contributed by atoms with Crippen LogP contribution in [0.5, 0.6) is 5.75 Å². The van der Waals surface area contributed by atoms with Gasteiger partial charge in [-0.3, -0.25) is 14.9 Å². The number of hydrogen-bond acceptors (Lipinski definition) is 5. The number of aryl methyl sites for hydroxylation is 2. The second-order valence-corrected chi connectivity index (χ2v) is 7.89. The van der Waals surface area contributed by atoms with Crippen molar-refractivity contribution >= 4 is 43.4 Å².